The zero-order valence-electron chi connectivity index (χ0n) is 4.83. The summed E-state index contributed by atoms with van der Waals surface area (Å²) in [5.41, 5.74) is 5.23. The van der Waals surface area contributed by atoms with Crippen LogP contribution in [-0.4, -0.2) is 10.1 Å². The molecule has 0 saturated carbocycles. The fourth-order valence-electron chi connectivity index (χ4n) is 0.115. The second-order valence-electron chi connectivity index (χ2n) is 0.945. The maximum atomic E-state index is 5.23. The van der Waals surface area contributed by atoms with E-state index >= 15 is 0 Å². The highest BCUT2D eigenvalue weighted by Gasteiger charge is 1.91. The average Bonchev–Trinajstić information content (AvgIpc) is 1.80. The number of hydrogen-bond donors (Lipinski definition) is 1. The van der Waals surface area contributed by atoms with Crippen LogP contribution in [0.2, 0.25) is 0 Å². The molecule has 0 saturated heterocycles. The molecule has 0 radical (unpaired) electrons. The lowest BCUT2D eigenvalue weighted by Crippen LogP contribution is -1.98. The molecule has 0 aliphatic rings. The fraction of sp³-hybridized carbons (Fsp3) is 0.667. The maximum Gasteiger partial charge on any atom is 0.142 e. The SMILES string of the molecule is CCSSSSC(N)=S. The normalized spacial score (nSPS) is 9.44. The minimum Gasteiger partial charge on any atom is -0.384 e. The largest absolute Gasteiger partial charge is 0.384 e. The van der Waals surface area contributed by atoms with Crippen LogP contribution in [0.15, 0.2) is 0 Å². The maximum absolute atomic E-state index is 5.23. The van der Waals surface area contributed by atoms with E-state index in [4.69, 9.17) is 5.73 Å². The third kappa shape index (κ3) is 9.29. The van der Waals surface area contributed by atoms with E-state index in [1.165, 1.54) is 10.8 Å². The second kappa shape index (κ2) is 7.40. The first-order chi connectivity index (χ1) is 4.27. The summed E-state index contributed by atoms with van der Waals surface area (Å²) in [4.78, 5) is 0. The predicted molar refractivity (Wildman–Crippen MR) is 57.7 cm³/mol. The number of nitrogens with two attached hydrogens (primary N) is 1. The molecule has 0 fully saturated rings. The average molecular weight is 217 g/mol. The van der Waals surface area contributed by atoms with Crippen molar-refractivity contribution in [1.29, 1.82) is 0 Å². The predicted octanol–water partition coefficient (Wildman–Crippen LogP) is 2.93. The zero-order chi connectivity index (χ0) is 7.11. The Morgan fingerprint density at radius 1 is 1.56 bits per heavy atom. The smallest absolute Gasteiger partial charge is 0.142 e. The summed E-state index contributed by atoms with van der Waals surface area (Å²) in [5.74, 6) is 1.12. The molecule has 0 heterocycles. The van der Waals surface area contributed by atoms with Gasteiger partial charge in [0.05, 0.1) is 0 Å². The number of rotatable bonds is 4. The van der Waals surface area contributed by atoms with Gasteiger partial charge in [0.2, 0.25) is 0 Å². The topological polar surface area (TPSA) is 26.0 Å². The van der Waals surface area contributed by atoms with Crippen molar-refractivity contribution in [1.82, 2.24) is 0 Å². The molecule has 2 N–H and O–H groups in total. The van der Waals surface area contributed by atoms with E-state index in [0.717, 1.165) is 5.75 Å². The van der Waals surface area contributed by atoms with E-state index in [9.17, 15) is 0 Å². The second-order valence-corrected chi connectivity index (χ2v) is 7.81. The van der Waals surface area contributed by atoms with Gasteiger partial charge in [-0.1, -0.05) is 29.9 Å². The molecule has 0 amide bonds. The van der Waals surface area contributed by atoms with Crippen LogP contribution in [0.1, 0.15) is 6.92 Å². The summed E-state index contributed by atoms with van der Waals surface area (Å²) < 4.78 is 0.504. The van der Waals surface area contributed by atoms with Gasteiger partial charge in [-0.2, -0.15) is 0 Å². The van der Waals surface area contributed by atoms with Crippen LogP contribution in [0.3, 0.4) is 0 Å². The van der Waals surface area contributed by atoms with Crippen molar-refractivity contribution in [2.75, 3.05) is 5.75 Å². The molecule has 0 aliphatic carbocycles. The van der Waals surface area contributed by atoms with Gasteiger partial charge in [-0.15, -0.1) is 0 Å². The van der Waals surface area contributed by atoms with Crippen LogP contribution in [0.4, 0.5) is 0 Å². The summed E-state index contributed by atoms with van der Waals surface area (Å²) in [6, 6.07) is 0. The Labute approximate surface area is 75.9 Å². The Morgan fingerprint density at radius 2 is 2.22 bits per heavy atom. The number of thiocarbonyl (C=S) groups is 1. The van der Waals surface area contributed by atoms with Crippen LogP contribution < -0.4 is 5.73 Å². The summed E-state index contributed by atoms with van der Waals surface area (Å²) in [6.45, 7) is 2.11. The molecule has 54 valence electrons. The van der Waals surface area contributed by atoms with Gasteiger partial charge in [0.25, 0.3) is 0 Å². The molecule has 9 heavy (non-hydrogen) atoms. The van der Waals surface area contributed by atoms with E-state index in [0.29, 0.717) is 4.32 Å². The Kier molecular flexibility index (Phi) is 8.46. The van der Waals surface area contributed by atoms with Crippen molar-refractivity contribution < 1.29 is 0 Å². The first kappa shape index (κ1) is 10.3. The Hall–Kier alpha value is 1.29. The molecule has 0 unspecified atom stereocenters. The Bertz CT molecular complexity index is 84.3. The molecule has 0 aliphatic heterocycles. The molecule has 6 heteroatoms. The minimum absolute atomic E-state index is 0.504. The molecule has 0 atom stereocenters. The molecule has 0 aromatic heterocycles. The molecule has 0 aromatic rings. The van der Waals surface area contributed by atoms with Gasteiger partial charge in [0, 0.05) is 5.75 Å². The van der Waals surface area contributed by atoms with Crippen LogP contribution >= 0.6 is 53.5 Å². The van der Waals surface area contributed by atoms with Gasteiger partial charge in [0.15, 0.2) is 0 Å². The van der Waals surface area contributed by atoms with Crippen molar-refractivity contribution in [2.24, 2.45) is 5.73 Å². The highest BCUT2D eigenvalue weighted by molar-refractivity contribution is 9.27. The molecular weight excluding hydrogens is 210 g/mol. The lowest BCUT2D eigenvalue weighted by molar-refractivity contribution is 1.54. The van der Waals surface area contributed by atoms with Crippen molar-refractivity contribution in [3.05, 3.63) is 0 Å². The minimum atomic E-state index is 0.504. The summed E-state index contributed by atoms with van der Waals surface area (Å²) in [7, 11) is 6.56. The van der Waals surface area contributed by atoms with Gasteiger partial charge in [-0.3, -0.25) is 0 Å². The highest BCUT2D eigenvalue weighted by Crippen LogP contribution is 2.42. The summed E-state index contributed by atoms with van der Waals surface area (Å²) in [5, 5.41) is 0. The Morgan fingerprint density at radius 3 is 2.67 bits per heavy atom. The van der Waals surface area contributed by atoms with Crippen molar-refractivity contribution in [3.63, 3.8) is 0 Å². The fourth-order valence-corrected chi connectivity index (χ4v) is 5.67. The first-order valence-electron chi connectivity index (χ1n) is 2.19. The van der Waals surface area contributed by atoms with Crippen LogP contribution in [0, 0.1) is 0 Å². The molecule has 1 nitrogen and oxygen atoms in total. The van der Waals surface area contributed by atoms with Crippen molar-refractivity contribution in [2.45, 2.75) is 6.92 Å². The van der Waals surface area contributed by atoms with Gasteiger partial charge in [-0.25, -0.2) is 0 Å². The lowest BCUT2D eigenvalue weighted by atomic mass is 11.0. The van der Waals surface area contributed by atoms with Gasteiger partial charge < -0.3 is 5.73 Å². The van der Waals surface area contributed by atoms with E-state index in [2.05, 4.69) is 19.1 Å². The van der Waals surface area contributed by atoms with Crippen molar-refractivity contribution in [3.8, 4) is 0 Å². The lowest BCUT2D eigenvalue weighted by Gasteiger charge is -1.93. The van der Waals surface area contributed by atoms with Crippen LogP contribution in [0.5, 0.6) is 0 Å². The molecule has 0 spiro atoms. The molecular formula is C3H7NS5. The molecule has 0 rings (SSSR count). The third-order valence-corrected chi connectivity index (χ3v) is 6.88. The quantitative estimate of drug-likeness (QED) is 0.442. The Balaban J connectivity index is 2.83. The summed E-state index contributed by atoms with van der Waals surface area (Å²) >= 11 is 4.64. The van der Waals surface area contributed by atoms with Crippen molar-refractivity contribution >= 4 is 57.8 Å². The van der Waals surface area contributed by atoms with E-state index < -0.39 is 0 Å². The first-order valence-corrected chi connectivity index (χ1v) is 7.59. The summed E-state index contributed by atoms with van der Waals surface area (Å²) in [6.07, 6.45) is 0. The highest BCUT2D eigenvalue weighted by atomic mass is 33.7. The van der Waals surface area contributed by atoms with Crippen LogP contribution in [-0.2, 0) is 0 Å². The van der Waals surface area contributed by atoms with Gasteiger partial charge >= 0.3 is 0 Å². The van der Waals surface area contributed by atoms with Gasteiger partial charge in [0.1, 0.15) is 4.32 Å². The van der Waals surface area contributed by atoms with Crippen LogP contribution in [0.25, 0.3) is 0 Å². The third-order valence-electron chi connectivity index (χ3n) is 0.310. The molecule has 0 aromatic carbocycles. The molecule has 0 bridgehead atoms. The van der Waals surface area contributed by atoms with E-state index in [1.807, 2.05) is 0 Å². The zero-order valence-corrected chi connectivity index (χ0v) is 8.91. The monoisotopic (exact) mass is 217 g/mol. The standard InChI is InChI=1S/C3H7NS5/c1-2-6-8-9-7-3(4)5/h2H2,1H3,(H2,4,5). The van der Waals surface area contributed by atoms with E-state index in [-0.39, 0.29) is 0 Å². The number of hydrogen-bond acceptors (Lipinski definition) is 5. The van der Waals surface area contributed by atoms with Gasteiger partial charge in [-0.05, 0) is 30.4 Å². The van der Waals surface area contributed by atoms with E-state index in [1.54, 1.807) is 30.4 Å².